The summed E-state index contributed by atoms with van der Waals surface area (Å²) >= 11 is 1.81. The summed E-state index contributed by atoms with van der Waals surface area (Å²) in [6.45, 7) is 4.70. The Labute approximate surface area is 146 Å². The fourth-order valence-corrected chi connectivity index (χ4v) is 3.60. The van der Waals surface area contributed by atoms with Crippen molar-refractivity contribution in [1.29, 1.82) is 0 Å². The van der Waals surface area contributed by atoms with Gasteiger partial charge in [0.25, 0.3) is 0 Å². The molecule has 2 aromatic rings. The van der Waals surface area contributed by atoms with Crippen LogP contribution in [0.2, 0.25) is 0 Å². The Morgan fingerprint density at radius 3 is 2.92 bits per heavy atom. The van der Waals surface area contributed by atoms with Crippen LogP contribution in [0.4, 0.5) is 5.00 Å². The maximum Gasteiger partial charge on any atom is 0.228 e. The molecule has 0 atom stereocenters. The van der Waals surface area contributed by atoms with Crippen molar-refractivity contribution in [1.82, 2.24) is 20.8 Å². The molecule has 0 radical (unpaired) electrons. The molecular weight excluding hydrogens is 324 g/mol. The van der Waals surface area contributed by atoms with Crippen LogP contribution in [-0.2, 0) is 6.42 Å². The van der Waals surface area contributed by atoms with Crippen molar-refractivity contribution in [3.05, 3.63) is 29.2 Å². The SMILES string of the molecule is CN=C(NCCc1nc(C)no1)NC1CCN(c2cccs2)CC1. The average molecular weight is 348 g/mol. The Bertz CT molecular complexity index is 645. The molecule has 3 heterocycles. The quantitative estimate of drug-likeness (QED) is 0.634. The first-order valence-electron chi connectivity index (χ1n) is 8.29. The maximum absolute atomic E-state index is 5.11. The third kappa shape index (κ3) is 4.47. The predicted molar refractivity (Wildman–Crippen MR) is 96.8 cm³/mol. The van der Waals surface area contributed by atoms with E-state index in [1.165, 1.54) is 5.00 Å². The number of anilines is 1. The number of guanidine groups is 1. The number of piperidine rings is 1. The van der Waals surface area contributed by atoms with Gasteiger partial charge in [0.05, 0.1) is 5.00 Å². The molecule has 7 nitrogen and oxygen atoms in total. The van der Waals surface area contributed by atoms with Gasteiger partial charge in [-0.15, -0.1) is 11.3 Å². The van der Waals surface area contributed by atoms with Crippen molar-refractivity contribution in [3.8, 4) is 0 Å². The first kappa shape index (κ1) is 16.8. The summed E-state index contributed by atoms with van der Waals surface area (Å²) < 4.78 is 5.11. The third-order valence-electron chi connectivity index (χ3n) is 4.08. The van der Waals surface area contributed by atoms with Crippen molar-refractivity contribution in [2.45, 2.75) is 32.2 Å². The first-order chi connectivity index (χ1) is 11.7. The van der Waals surface area contributed by atoms with E-state index in [2.05, 4.69) is 48.2 Å². The van der Waals surface area contributed by atoms with Gasteiger partial charge in [0.1, 0.15) is 0 Å². The van der Waals surface area contributed by atoms with E-state index in [9.17, 15) is 0 Å². The number of aliphatic imine (C=N–C) groups is 1. The van der Waals surface area contributed by atoms with E-state index in [1.54, 1.807) is 7.05 Å². The van der Waals surface area contributed by atoms with Gasteiger partial charge in [0, 0.05) is 39.1 Å². The van der Waals surface area contributed by atoms with Gasteiger partial charge in [-0.2, -0.15) is 4.98 Å². The standard InChI is InChI=1S/C16H24N6OS/c1-12-19-14(23-21-12)5-8-18-16(17-2)20-13-6-9-22(10-7-13)15-4-3-11-24-15/h3-4,11,13H,5-10H2,1-2H3,(H2,17,18,20). The summed E-state index contributed by atoms with van der Waals surface area (Å²) in [7, 11) is 1.80. The second kappa shape index (κ2) is 8.14. The van der Waals surface area contributed by atoms with Crippen LogP contribution >= 0.6 is 11.3 Å². The number of hydrogen-bond acceptors (Lipinski definition) is 6. The Balaban J connectivity index is 1.39. The van der Waals surface area contributed by atoms with Crippen LogP contribution in [0.1, 0.15) is 24.6 Å². The minimum Gasteiger partial charge on any atom is -0.363 e. The lowest BCUT2D eigenvalue weighted by atomic mass is 10.1. The molecule has 2 N–H and O–H groups in total. The Kier molecular flexibility index (Phi) is 5.68. The summed E-state index contributed by atoms with van der Waals surface area (Å²) in [4.78, 5) is 11.0. The normalized spacial score (nSPS) is 16.4. The molecule has 0 spiro atoms. The summed E-state index contributed by atoms with van der Waals surface area (Å²) in [5.74, 6) is 2.16. The predicted octanol–water partition coefficient (Wildman–Crippen LogP) is 1.82. The maximum atomic E-state index is 5.11. The van der Waals surface area contributed by atoms with Crippen LogP contribution in [0.25, 0.3) is 0 Å². The highest BCUT2D eigenvalue weighted by molar-refractivity contribution is 7.14. The highest BCUT2D eigenvalue weighted by Gasteiger charge is 2.20. The number of aryl methyl sites for hydroxylation is 1. The van der Waals surface area contributed by atoms with Gasteiger partial charge in [-0.25, -0.2) is 0 Å². The molecule has 0 amide bonds. The summed E-state index contributed by atoms with van der Waals surface area (Å²) in [5, 5.41) is 14.1. The molecule has 1 aliphatic rings. The van der Waals surface area contributed by atoms with Crippen LogP contribution < -0.4 is 15.5 Å². The zero-order chi connectivity index (χ0) is 16.8. The van der Waals surface area contributed by atoms with Crippen molar-refractivity contribution >= 4 is 22.3 Å². The molecule has 0 saturated carbocycles. The van der Waals surface area contributed by atoms with Gasteiger partial charge in [0.2, 0.25) is 5.89 Å². The van der Waals surface area contributed by atoms with Crippen molar-refractivity contribution in [2.75, 3.05) is 31.6 Å². The van der Waals surface area contributed by atoms with Crippen LogP contribution in [0.15, 0.2) is 27.0 Å². The Hall–Kier alpha value is -2.09. The van der Waals surface area contributed by atoms with Crippen molar-refractivity contribution < 1.29 is 4.52 Å². The average Bonchev–Trinajstić information content (AvgIpc) is 3.26. The van der Waals surface area contributed by atoms with Crippen LogP contribution in [0.3, 0.4) is 0 Å². The molecule has 8 heteroatoms. The highest BCUT2D eigenvalue weighted by atomic mass is 32.1. The molecule has 24 heavy (non-hydrogen) atoms. The van der Waals surface area contributed by atoms with Gasteiger partial charge in [0.15, 0.2) is 11.8 Å². The number of rotatable bonds is 5. The number of aromatic nitrogens is 2. The zero-order valence-corrected chi connectivity index (χ0v) is 15.0. The number of nitrogens with zero attached hydrogens (tertiary/aromatic N) is 4. The number of nitrogens with one attached hydrogen (secondary N) is 2. The summed E-state index contributed by atoms with van der Waals surface area (Å²) in [6.07, 6.45) is 2.92. The van der Waals surface area contributed by atoms with E-state index in [-0.39, 0.29) is 0 Å². The van der Waals surface area contributed by atoms with Gasteiger partial charge < -0.3 is 20.1 Å². The molecule has 1 saturated heterocycles. The van der Waals surface area contributed by atoms with E-state index >= 15 is 0 Å². The second-order valence-electron chi connectivity index (χ2n) is 5.84. The summed E-state index contributed by atoms with van der Waals surface area (Å²) in [6, 6.07) is 4.76. The van der Waals surface area contributed by atoms with Gasteiger partial charge >= 0.3 is 0 Å². The molecule has 130 valence electrons. The fourth-order valence-electron chi connectivity index (χ4n) is 2.81. The topological polar surface area (TPSA) is 78.6 Å². The van der Waals surface area contributed by atoms with Gasteiger partial charge in [-0.1, -0.05) is 5.16 Å². The van der Waals surface area contributed by atoms with Crippen molar-refractivity contribution in [2.24, 2.45) is 4.99 Å². The largest absolute Gasteiger partial charge is 0.363 e. The van der Waals surface area contributed by atoms with Gasteiger partial charge in [-0.05, 0) is 37.3 Å². The van der Waals surface area contributed by atoms with Crippen LogP contribution in [0.5, 0.6) is 0 Å². The van der Waals surface area contributed by atoms with E-state index < -0.39 is 0 Å². The molecule has 0 aromatic carbocycles. The van der Waals surface area contributed by atoms with Gasteiger partial charge in [-0.3, -0.25) is 4.99 Å². The lowest BCUT2D eigenvalue weighted by Crippen LogP contribution is -2.49. The molecule has 3 rings (SSSR count). The number of hydrogen-bond donors (Lipinski definition) is 2. The smallest absolute Gasteiger partial charge is 0.228 e. The second-order valence-corrected chi connectivity index (χ2v) is 6.77. The minimum atomic E-state index is 0.457. The lowest BCUT2D eigenvalue weighted by Gasteiger charge is -2.33. The van der Waals surface area contributed by atoms with E-state index in [0.29, 0.717) is 24.2 Å². The van der Waals surface area contributed by atoms with E-state index in [0.717, 1.165) is 38.4 Å². The minimum absolute atomic E-state index is 0.457. The van der Waals surface area contributed by atoms with E-state index in [1.807, 2.05) is 18.3 Å². The third-order valence-corrected chi connectivity index (χ3v) is 5.01. The lowest BCUT2D eigenvalue weighted by molar-refractivity contribution is 0.374. The van der Waals surface area contributed by atoms with Crippen LogP contribution in [-0.4, -0.2) is 48.8 Å². The zero-order valence-electron chi connectivity index (χ0n) is 14.2. The fraction of sp³-hybridized carbons (Fsp3) is 0.562. The molecule has 0 bridgehead atoms. The summed E-state index contributed by atoms with van der Waals surface area (Å²) in [5.41, 5.74) is 0. The Morgan fingerprint density at radius 1 is 1.46 bits per heavy atom. The van der Waals surface area contributed by atoms with Crippen LogP contribution in [0, 0.1) is 6.92 Å². The molecule has 1 aliphatic heterocycles. The number of thiophene rings is 1. The molecular formula is C16H24N6OS. The molecule has 0 aliphatic carbocycles. The Morgan fingerprint density at radius 2 is 2.29 bits per heavy atom. The van der Waals surface area contributed by atoms with E-state index in [4.69, 9.17) is 4.52 Å². The molecule has 2 aromatic heterocycles. The van der Waals surface area contributed by atoms with Crippen molar-refractivity contribution in [3.63, 3.8) is 0 Å². The highest BCUT2D eigenvalue weighted by Crippen LogP contribution is 2.24. The monoisotopic (exact) mass is 348 g/mol. The first-order valence-corrected chi connectivity index (χ1v) is 9.17. The molecule has 0 unspecified atom stereocenters. The molecule has 1 fully saturated rings.